The molecule has 0 unspecified atom stereocenters. The molecule has 3 aromatic rings. The maximum atomic E-state index is 13.1. The molecule has 1 saturated heterocycles. The van der Waals surface area contributed by atoms with E-state index in [0.717, 1.165) is 29.2 Å². The molecule has 0 atom stereocenters. The predicted octanol–water partition coefficient (Wildman–Crippen LogP) is 3.61. The minimum absolute atomic E-state index is 0.154. The molecule has 1 amide bonds. The number of anilines is 1. The first kappa shape index (κ1) is 19.6. The number of benzene rings is 1. The molecule has 1 N–H and O–H groups in total. The van der Waals surface area contributed by atoms with E-state index >= 15 is 0 Å². The van der Waals surface area contributed by atoms with Crippen LogP contribution in [0.4, 0.5) is 5.00 Å². The third kappa shape index (κ3) is 4.18. The van der Waals surface area contributed by atoms with Crippen LogP contribution in [0.25, 0.3) is 11.1 Å². The molecule has 7 nitrogen and oxygen atoms in total. The zero-order valence-corrected chi connectivity index (χ0v) is 17.6. The molecule has 1 aromatic carbocycles. The van der Waals surface area contributed by atoms with Crippen LogP contribution in [0.1, 0.15) is 35.2 Å². The van der Waals surface area contributed by atoms with E-state index in [2.05, 4.69) is 32.5 Å². The van der Waals surface area contributed by atoms with Crippen molar-refractivity contribution in [2.24, 2.45) is 0 Å². The van der Waals surface area contributed by atoms with Gasteiger partial charge in [-0.3, -0.25) is 4.79 Å². The molecular weight excluding hydrogens is 388 g/mol. The molecule has 1 aliphatic heterocycles. The highest BCUT2D eigenvalue weighted by Crippen LogP contribution is 2.39. The summed E-state index contributed by atoms with van der Waals surface area (Å²) in [5.41, 5.74) is 1.42. The van der Waals surface area contributed by atoms with Crippen LogP contribution in [-0.4, -0.2) is 42.4 Å². The summed E-state index contributed by atoms with van der Waals surface area (Å²) in [5, 5.41) is 8.09. The lowest BCUT2D eigenvalue weighted by Gasteiger charge is -2.28. The average Bonchev–Trinajstić information content (AvgIpc) is 3.36. The number of hydrogen-bond donors (Lipinski definition) is 1. The second kappa shape index (κ2) is 7.96. The zero-order valence-electron chi connectivity index (χ0n) is 16.8. The molecule has 0 radical (unpaired) electrons. The van der Waals surface area contributed by atoms with Gasteiger partial charge in [0.1, 0.15) is 0 Å². The summed E-state index contributed by atoms with van der Waals surface area (Å²) < 4.78 is 10.6. The summed E-state index contributed by atoms with van der Waals surface area (Å²) in [6.07, 6.45) is 0. The first-order valence-corrected chi connectivity index (χ1v) is 10.4. The van der Waals surface area contributed by atoms with Crippen LogP contribution in [0.3, 0.4) is 0 Å². The van der Waals surface area contributed by atoms with Crippen molar-refractivity contribution in [2.45, 2.75) is 26.3 Å². The van der Waals surface area contributed by atoms with Gasteiger partial charge < -0.3 is 19.5 Å². The Morgan fingerprint density at radius 3 is 2.59 bits per heavy atom. The second-order valence-electron chi connectivity index (χ2n) is 7.51. The van der Waals surface area contributed by atoms with E-state index in [4.69, 9.17) is 9.26 Å². The summed E-state index contributed by atoms with van der Waals surface area (Å²) in [4.78, 5) is 20.3. The molecule has 8 heteroatoms. The fourth-order valence-electron chi connectivity index (χ4n) is 3.27. The molecule has 0 bridgehead atoms. The number of aromatic nitrogens is 2. The monoisotopic (exact) mass is 412 g/mol. The van der Waals surface area contributed by atoms with Crippen LogP contribution in [0, 0.1) is 6.92 Å². The Morgan fingerprint density at radius 1 is 1.21 bits per heavy atom. The number of aryl methyl sites for hydroxylation is 1. The molecule has 0 spiro atoms. The van der Waals surface area contributed by atoms with Gasteiger partial charge in [-0.2, -0.15) is 4.98 Å². The molecule has 1 fully saturated rings. The second-order valence-corrected chi connectivity index (χ2v) is 8.54. The first-order chi connectivity index (χ1) is 13.9. The summed E-state index contributed by atoms with van der Waals surface area (Å²) in [5.74, 6) is 0.773. The Labute approximate surface area is 173 Å². The van der Waals surface area contributed by atoms with E-state index in [-0.39, 0.29) is 5.91 Å². The van der Waals surface area contributed by atoms with Crippen molar-refractivity contribution >= 4 is 22.2 Å². The van der Waals surface area contributed by atoms with E-state index in [1.54, 1.807) is 6.92 Å². The van der Waals surface area contributed by atoms with Gasteiger partial charge in [-0.15, -0.1) is 11.3 Å². The number of nitrogens with one attached hydrogen (secondary N) is 1. The van der Waals surface area contributed by atoms with Crippen molar-refractivity contribution in [1.82, 2.24) is 15.5 Å². The molecule has 152 valence electrons. The largest absolute Gasteiger partial charge is 0.378 e. The van der Waals surface area contributed by atoms with Crippen molar-refractivity contribution in [2.75, 3.05) is 31.2 Å². The quantitative estimate of drug-likeness (QED) is 0.690. The number of morpholine rings is 1. The van der Waals surface area contributed by atoms with Crippen molar-refractivity contribution in [3.05, 3.63) is 53.0 Å². The van der Waals surface area contributed by atoms with Gasteiger partial charge in [-0.05, 0) is 25.5 Å². The molecule has 1 aliphatic rings. The zero-order chi connectivity index (χ0) is 20.4. The van der Waals surface area contributed by atoms with Crippen molar-refractivity contribution in [3.63, 3.8) is 0 Å². The Morgan fingerprint density at radius 2 is 1.93 bits per heavy atom. The van der Waals surface area contributed by atoms with Gasteiger partial charge in [0.25, 0.3) is 5.91 Å². The molecule has 4 rings (SSSR count). The molecular formula is C21H24N4O3S. The van der Waals surface area contributed by atoms with E-state index in [0.29, 0.717) is 29.8 Å². The highest BCUT2D eigenvalue weighted by Gasteiger charge is 2.30. The Balaban J connectivity index is 1.65. The van der Waals surface area contributed by atoms with Crippen molar-refractivity contribution in [3.8, 4) is 11.1 Å². The summed E-state index contributed by atoms with van der Waals surface area (Å²) in [6, 6.07) is 12.1. The standard InChI is InChI=1S/C21H24N4O3S/c1-14-22-20(24-28-14)21(2,3)23-18(26)17-13-16(15-7-5-4-6-8-15)19(29-17)25-9-11-27-12-10-25/h4-8,13H,9-12H2,1-3H3,(H,23,26). The fourth-order valence-corrected chi connectivity index (χ4v) is 4.40. The maximum Gasteiger partial charge on any atom is 0.262 e. The van der Waals surface area contributed by atoms with Gasteiger partial charge in [0.2, 0.25) is 5.89 Å². The fraction of sp³-hybridized carbons (Fsp3) is 0.381. The van der Waals surface area contributed by atoms with Crippen molar-refractivity contribution in [1.29, 1.82) is 0 Å². The minimum Gasteiger partial charge on any atom is -0.378 e. The van der Waals surface area contributed by atoms with Crippen LogP contribution in [-0.2, 0) is 10.3 Å². The van der Waals surface area contributed by atoms with Crippen LogP contribution >= 0.6 is 11.3 Å². The number of hydrogen-bond acceptors (Lipinski definition) is 7. The van der Waals surface area contributed by atoms with Gasteiger partial charge in [-0.1, -0.05) is 35.5 Å². The number of carbonyl (C=O) groups excluding carboxylic acids is 1. The number of amides is 1. The predicted molar refractivity (Wildman–Crippen MR) is 112 cm³/mol. The number of nitrogens with zero attached hydrogens (tertiary/aromatic N) is 3. The molecule has 29 heavy (non-hydrogen) atoms. The molecule has 3 heterocycles. The third-order valence-corrected chi connectivity index (χ3v) is 6.03. The van der Waals surface area contributed by atoms with E-state index in [1.807, 2.05) is 38.1 Å². The van der Waals surface area contributed by atoms with Gasteiger partial charge in [-0.25, -0.2) is 0 Å². The van der Waals surface area contributed by atoms with Gasteiger partial charge in [0.05, 0.1) is 28.6 Å². The van der Waals surface area contributed by atoms with Gasteiger partial charge in [0, 0.05) is 25.6 Å². The number of thiophene rings is 1. The first-order valence-electron chi connectivity index (χ1n) is 9.59. The van der Waals surface area contributed by atoms with Crippen LogP contribution in [0.2, 0.25) is 0 Å². The van der Waals surface area contributed by atoms with Crippen LogP contribution in [0.15, 0.2) is 40.9 Å². The van der Waals surface area contributed by atoms with E-state index < -0.39 is 5.54 Å². The Hall–Kier alpha value is -2.71. The average molecular weight is 413 g/mol. The minimum atomic E-state index is -0.745. The molecule has 0 aliphatic carbocycles. The third-order valence-electron chi connectivity index (χ3n) is 4.83. The van der Waals surface area contributed by atoms with Crippen LogP contribution in [0.5, 0.6) is 0 Å². The summed E-state index contributed by atoms with van der Waals surface area (Å²) >= 11 is 1.50. The normalized spacial score (nSPS) is 14.8. The molecule has 2 aromatic heterocycles. The lowest BCUT2D eigenvalue weighted by atomic mass is 10.0. The lowest BCUT2D eigenvalue weighted by molar-refractivity contribution is 0.0911. The number of carbonyl (C=O) groups is 1. The topological polar surface area (TPSA) is 80.5 Å². The Bertz CT molecular complexity index is 991. The highest BCUT2D eigenvalue weighted by atomic mass is 32.1. The van der Waals surface area contributed by atoms with Gasteiger partial charge in [0.15, 0.2) is 5.82 Å². The summed E-state index contributed by atoms with van der Waals surface area (Å²) in [7, 11) is 0. The van der Waals surface area contributed by atoms with E-state index in [9.17, 15) is 4.79 Å². The van der Waals surface area contributed by atoms with Crippen molar-refractivity contribution < 1.29 is 14.1 Å². The summed E-state index contributed by atoms with van der Waals surface area (Å²) in [6.45, 7) is 8.47. The highest BCUT2D eigenvalue weighted by molar-refractivity contribution is 7.18. The SMILES string of the molecule is Cc1nc(C(C)(C)NC(=O)c2cc(-c3ccccc3)c(N3CCOCC3)s2)no1. The van der Waals surface area contributed by atoms with Gasteiger partial charge >= 0.3 is 0 Å². The van der Waals surface area contributed by atoms with Crippen LogP contribution < -0.4 is 10.2 Å². The Kier molecular flexibility index (Phi) is 5.38. The smallest absolute Gasteiger partial charge is 0.262 e. The lowest BCUT2D eigenvalue weighted by Crippen LogP contribution is -2.41. The number of rotatable bonds is 5. The maximum absolute atomic E-state index is 13.1. The number of ether oxygens (including phenoxy) is 1. The molecule has 0 saturated carbocycles. The van der Waals surface area contributed by atoms with E-state index in [1.165, 1.54) is 11.3 Å².